The molecule has 3 rings (SSSR count). The quantitative estimate of drug-likeness (QED) is 0.272. The Bertz CT molecular complexity index is 1020. The molecule has 0 aliphatic heterocycles. The number of nitrogens with zero attached hydrogens (tertiary/aromatic N) is 1. The van der Waals surface area contributed by atoms with Gasteiger partial charge in [0, 0.05) is 27.8 Å². The molecule has 1 atom stereocenters. The molecule has 1 heterocycles. The van der Waals surface area contributed by atoms with Crippen LogP contribution in [-0.2, 0) is 4.74 Å². The maximum absolute atomic E-state index is 12.4. The predicted octanol–water partition coefficient (Wildman–Crippen LogP) is 4.25. The average molecular weight is 385 g/mol. The van der Waals surface area contributed by atoms with Crippen molar-refractivity contribution in [1.82, 2.24) is 0 Å². The van der Waals surface area contributed by atoms with Crippen molar-refractivity contribution in [2.75, 3.05) is 7.11 Å². The molecule has 0 aliphatic carbocycles. The largest absolute Gasteiger partial charge is 0.497 e. The Kier molecular flexibility index (Phi) is 5.18. The molecule has 3 aromatic rings. The Balaban J connectivity index is 1.74. The first-order valence-corrected chi connectivity index (χ1v) is 8.78. The molecule has 0 spiro atoms. The molecule has 2 aromatic carbocycles. The van der Waals surface area contributed by atoms with Crippen molar-refractivity contribution in [3.63, 3.8) is 0 Å². The highest BCUT2D eigenvalue weighted by molar-refractivity contribution is 7.20. The zero-order chi connectivity index (χ0) is 19.6. The summed E-state index contributed by atoms with van der Waals surface area (Å²) in [6.45, 7) is 1.50. The molecule has 0 fully saturated rings. The number of thiophene rings is 1. The molecular weight excluding hydrogens is 370 g/mol. The zero-order valence-electron chi connectivity index (χ0n) is 14.5. The van der Waals surface area contributed by atoms with Gasteiger partial charge in [-0.25, -0.2) is 4.79 Å². The highest BCUT2D eigenvalue weighted by Crippen LogP contribution is 2.29. The Morgan fingerprint density at radius 2 is 1.81 bits per heavy atom. The minimum absolute atomic E-state index is 0.0525. The summed E-state index contributed by atoms with van der Waals surface area (Å²) in [7, 11) is 1.53. The second kappa shape index (κ2) is 7.55. The van der Waals surface area contributed by atoms with Crippen molar-refractivity contribution in [2.24, 2.45) is 0 Å². The standard InChI is InChI=1S/C19H15NO6S/c1-11(18(21)12-3-6-15(25-2)7-4-12)26-19(22)17-10-13-9-14(20(23)24)5-8-16(13)27-17/h3-11H,1-2H3/t11-/m1/s1. The number of ketones is 1. The van der Waals surface area contributed by atoms with Gasteiger partial charge in [-0.1, -0.05) is 0 Å². The fraction of sp³-hybridized carbons (Fsp3) is 0.158. The van der Waals surface area contributed by atoms with Crippen molar-refractivity contribution in [1.29, 1.82) is 0 Å². The molecule has 7 nitrogen and oxygen atoms in total. The minimum atomic E-state index is -0.967. The lowest BCUT2D eigenvalue weighted by Gasteiger charge is -2.11. The number of fused-ring (bicyclic) bond motifs is 1. The van der Waals surface area contributed by atoms with Gasteiger partial charge in [-0.05, 0) is 43.3 Å². The molecule has 0 saturated heterocycles. The van der Waals surface area contributed by atoms with E-state index in [2.05, 4.69) is 0 Å². The Morgan fingerprint density at radius 3 is 2.44 bits per heavy atom. The van der Waals surface area contributed by atoms with Crippen LogP contribution in [0.1, 0.15) is 27.0 Å². The number of rotatable bonds is 6. The number of methoxy groups -OCH3 is 1. The van der Waals surface area contributed by atoms with E-state index < -0.39 is 17.0 Å². The number of hydrogen-bond donors (Lipinski definition) is 0. The third-order valence-electron chi connectivity index (χ3n) is 3.94. The molecule has 1 aromatic heterocycles. The van der Waals surface area contributed by atoms with E-state index in [0.717, 1.165) is 16.0 Å². The van der Waals surface area contributed by atoms with Gasteiger partial charge in [0.25, 0.3) is 5.69 Å². The summed E-state index contributed by atoms with van der Waals surface area (Å²) < 4.78 is 11.0. The van der Waals surface area contributed by atoms with Gasteiger partial charge in [0.2, 0.25) is 5.78 Å². The van der Waals surface area contributed by atoms with Crippen LogP contribution in [0.15, 0.2) is 48.5 Å². The zero-order valence-corrected chi connectivity index (χ0v) is 15.3. The molecule has 0 amide bonds. The van der Waals surface area contributed by atoms with Crippen molar-refractivity contribution in [3.05, 3.63) is 69.1 Å². The van der Waals surface area contributed by atoms with Crippen LogP contribution in [0.2, 0.25) is 0 Å². The third kappa shape index (κ3) is 3.95. The van der Waals surface area contributed by atoms with Gasteiger partial charge >= 0.3 is 5.97 Å². The van der Waals surface area contributed by atoms with E-state index in [4.69, 9.17) is 9.47 Å². The van der Waals surface area contributed by atoms with Gasteiger partial charge in [-0.2, -0.15) is 0 Å². The van der Waals surface area contributed by atoms with Gasteiger partial charge in [0.1, 0.15) is 10.6 Å². The van der Waals surface area contributed by atoms with Gasteiger partial charge in [-0.15, -0.1) is 11.3 Å². The maximum Gasteiger partial charge on any atom is 0.349 e. The second-order valence-electron chi connectivity index (χ2n) is 5.73. The molecular formula is C19H15NO6S. The first-order chi connectivity index (χ1) is 12.9. The lowest BCUT2D eigenvalue weighted by atomic mass is 10.1. The van der Waals surface area contributed by atoms with E-state index >= 15 is 0 Å². The number of carbonyl (C=O) groups excluding carboxylic acids is 2. The molecule has 0 aliphatic rings. The number of ether oxygens (including phenoxy) is 2. The first kappa shape index (κ1) is 18.5. The van der Waals surface area contributed by atoms with Crippen LogP contribution in [0, 0.1) is 10.1 Å². The summed E-state index contributed by atoms with van der Waals surface area (Å²) in [5.74, 6) is -0.355. The van der Waals surface area contributed by atoms with Gasteiger partial charge in [-0.3, -0.25) is 14.9 Å². The Morgan fingerprint density at radius 1 is 1.11 bits per heavy atom. The van der Waals surface area contributed by atoms with E-state index in [1.807, 2.05) is 0 Å². The van der Waals surface area contributed by atoms with Crippen molar-refractivity contribution in [2.45, 2.75) is 13.0 Å². The number of Topliss-reactive ketones (excluding diaryl/α,β-unsaturated/α-hetero) is 1. The summed E-state index contributed by atoms with van der Waals surface area (Å²) in [6.07, 6.45) is -0.967. The van der Waals surface area contributed by atoms with Crippen molar-refractivity contribution in [3.8, 4) is 5.75 Å². The number of carbonyl (C=O) groups is 2. The van der Waals surface area contributed by atoms with Gasteiger partial charge in [0.15, 0.2) is 6.10 Å². The van der Waals surface area contributed by atoms with Crippen LogP contribution in [0.4, 0.5) is 5.69 Å². The monoisotopic (exact) mass is 385 g/mol. The number of nitro groups is 1. The molecule has 0 unspecified atom stereocenters. The van der Waals surface area contributed by atoms with Crippen LogP contribution >= 0.6 is 11.3 Å². The summed E-state index contributed by atoms with van der Waals surface area (Å²) in [4.78, 5) is 35.4. The highest BCUT2D eigenvalue weighted by atomic mass is 32.1. The number of benzene rings is 2. The second-order valence-corrected chi connectivity index (χ2v) is 6.81. The number of esters is 1. The lowest BCUT2D eigenvalue weighted by molar-refractivity contribution is -0.384. The smallest absolute Gasteiger partial charge is 0.349 e. The van der Waals surface area contributed by atoms with Crippen LogP contribution in [-0.4, -0.2) is 29.9 Å². The van der Waals surface area contributed by atoms with Crippen LogP contribution < -0.4 is 4.74 Å². The summed E-state index contributed by atoms with van der Waals surface area (Å²) in [5, 5.41) is 11.4. The average Bonchev–Trinajstić information content (AvgIpc) is 3.10. The Labute approximate surface area is 158 Å². The van der Waals surface area contributed by atoms with Crippen LogP contribution in [0.25, 0.3) is 10.1 Å². The van der Waals surface area contributed by atoms with Crippen molar-refractivity contribution < 1.29 is 24.0 Å². The summed E-state index contributed by atoms with van der Waals surface area (Å²) >= 11 is 1.16. The minimum Gasteiger partial charge on any atom is -0.497 e. The van der Waals surface area contributed by atoms with E-state index in [9.17, 15) is 19.7 Å². The maximum atomic E-state index is 12.4. The van der Waals surface area contributed by atoms with Gasteiger partial charge in [0.05, 0.1) is 12.0 Å². The predicted molar refractivity (Wildman–Crippen MR) is 101 cm³/mol. The normalized spacial score (nSPS) is 11.8. The van der Waals surface area contributed by atoms with Crippen LogP contribution in [0.3, 0.4) is 0 Å². The highest BCUT2D eigenvalue weighted by Gasteiger charge is 2.22. The molecule has 8 heteroatoms. The number of nitro benzene ring substituents is 1. The number of non-ortho nitro benzene ring substituents is 1. The molecule has 27 heavy (non-hydrogen) atoms. The summed E-state index contributed by atoms with van der Waals surface area (Å²) in [5.41, 5.74) is 0.353. The number of hydrogen-bond acceptors (Lipinski definition) is 7. The topological polar surface area (TPSA) is 95.7 Å². The lowest BCUT2D eigenvalue weighted by Crippen LogP contribution is -2.24. The van der Waals surface area contributed by atoms with E-state index in [1.165, 1.54) is 32.2 Å². The van der Waals surface area contributed by atoms with Crippen molar-refractivity contribution >= 4 is 38.9 Å². The van der Waals surface area contributed by atoms with Crippen LogP contribution in [0.5, 0.6) is 5.75 Å². The Hall–Kier alpha value is -3.26. The SMILES string of the molecule is COc1ccc(C(=O)[C@@H](C)OC(=O)c2cc3cc([N+](=O)[O-])ccc3s2)cc1. The van der Waals surface area contributed by atoms with E-state index in [1.54, 1.807) is 30.3 Å². The van der Waals surface area contributed by atoms with Gasteiger partial charge < -0.3 is 9.47 Å². The third-order valence-corrected chi connectivity index (χ3v) is 5.04. The van der Waals surface area contributed by atoms with E-state index in [0.29, 0.717) is 16.7 Å². The molecule has 0 radical (unpaired) electrons. The molecule has 0 bridgehead atoms. The molecule has 138 valence electrons. The van der Waals surface area contributed by atoms with E-state index in [-0.39, 0.29) is 16.3 Å². The fourth-order valence-corrected chi connectivity index (χ4v) is 3.43. The fourth-order valence-electron chi connectivity index (χ4n) is 2.51. The summed E-state index contributed by atoms with van der Waals surface area (Å²) in [6, 6.07) is 12.4. The molecule has 0 saturated carbocycles. The molecule has 0 N–H and O–H groups in total. The first-order valence-electron chi connectivity index (χ1n) is 7.96.